The molecule has 1 aromatic carbocycles. The van der Waals surface area contributed by atoms with Crippen molar-refractivity contribution in [1.29, 1.82) is 5.26 Å². The van der Waals surface area contributed by atoms with Crippen LogP contribution < -0.4 is 5.32 Å². The molecule has 6 heteroatoms. The van der Waals surface area contributed by atoms with Gasteiger partial charge in [-0.1, -0.05) is 25.4 Å². The molecule has 1 atom stereocenters. The molecule has 0 radical (unpaired) electrons. The van der Waals surface area contributed by atoms with Crippen molar-refractivity contribution in [2.75, 3.05) is 38.2 Å². The van der Waals surface area contributed by atoms with Crippen LogP contribution in [0.2, 0.25) is 5.02 Å². The van der Waals surface area contributed by atoms with Crippen LogP contribution in [0.1, 0.15) is 19.4 Å². The summed E-state index contributed by atoms with van der Waals surface area (Å²) in [5.41, 5.74) is 2.19. The first-order valence-corrected chi connectivity index (χ1v) is 9.02. The number of pyridine rings is 1. The quantitative estimate of drug-likeness (QED) is 0.885. The summed E-state index contributed by atoms with van der Waals surface area (Å²) in [5, 5.41) is 14.5. The van der Waals surface area contributed by atoms with Crippen molar-refractivity contribution in [2.24, 2.45) is 5.92 Å². The van der Waals surface area contributed by atoms with Gasteiger partial charge in [0.05, 0.1) is 30.0 Å². The van der Waals surface area contributed by atoms with Gasteiger partial charge in [-0.25, -0.2) is 0 Å². The highest BCUT2D eigenvalue weighted by molar-refractivity contribution is 6.31. The summed E-state index contributed by atoms with van der Waals surface area (Å²) in [6.45, 7) is 8.67. The van der Waals surface area contributed by atoms with E-state index in [0.717, 1.165) is 49.4 Å². The number of halogens is 1. The van der Waals surface area contributed by atoms with Crippen molar-refractivity contribution in [3.05, 3.63) is 35.0 Å². The third-order valence-electron chi connectivity index (χ3n) is 4.72. The lowest BCUT2D eigenvalue weighted by atomic mass is 10.0. The molecule has 0 bridgehead atoms. The highest BCUT2D eigenvalue weighted by atomic mass is 35.5. The van der Waals surface area contributed by atoms with Gasteiger partial charge in [-0.2, -0.15) is 5.26 Å². The van der Waals surface area contributed by atoms with Gasteiger partial charge >= 0.3 is 0 Å². The van der Waals surface area contributed by atoms with Crippen LogP contribution in [0.5, 0.6) is 0 Å². The monoisotopic (exact) mass is 358 g/mol. The highest BCUT2D eigenvalue weighted by Gasteiger charge is 2.24. The van der Waals surface area contributed by atoms with E-state index < -0.39 is 0 Å². The Bertz CT molecular complexity index is 781. The smallest absolute Gasteiger partial charge is 0.103 e. The van der Waals surface area contributed by atoms with Gasteiger partial charge in [-0.3, -0.25) is 9.88 Å². The van der Waals surface area contributed by atoms with Crippen molar-refractivity contribution < 1.29 is 4.74 Å². The fraction of sp³-hybridized carbons (Fsp3) is 0.474. The van der Waals surface area contributed by atoms with E-state index >= 15 is 0 Å². The predicted molar refractivity (Wildman–Crippen MR) is 101 cm³/mol. The molecule has 0 spiro atoms. The fourth-order valence-electron chi connectivity index (χ4n) is 3.34. The Hall–Kier alpha value is -1.87. The summed E-state index contributed by atoms with van der Waals surface area (Å²) in [6, 6.07) is 8.18. The van der Waals surface area contributed by atoms with Gasteiger partial charge in [0.1, 0.15) is 6.07 Å². The molecule has 1 N–H and O–H groups in total. The summed E-state index contributed by atoms with van der Waals surface area (Å²) in [5.74, 6) is 0.493. The highest BCUT2D eigenvalue weighted by Crippen LogP contribution is 2.28. The van der Waals surface area contributed by atoms with E-state index in [4.69, 9.17) is 16.3 Å². The minimum absolute atomic E-state index is 0.373. The normalized spacial score (nSPS) is 16.8. The number of nitriles is 1. The number of aromatic nitrogens is 1. The first kappa shape index (κ1) is 17.9. The minimum atomic E-state index is 0.373. The number of nitrogens with one attached hydrogen (secondary N) is 1. The Morgan fingerprint density at radius 3 is 2.80 bits per heavy atom. The zero-order valence-corrected chi connectivity index (χ0v) is 15.4. The summed E-state index contributed by atoms with van der Waals surface area (Å²) in [6.07, 6.45) is 1.62. The van der Waals surface area contributed by atoms with Gasteiger partial charge in [-0.05, 0) is 24.1 Å². The summed E-state index contributed by atoms with van der Waals surface area (Å²) < 4.78 is 5.47. The van der Waals surface area contributed by atoms with E-state index in [2.05, 4.69) is 35.1 Å². The maximum atomic E-state index is 9.48. The van der Waals surface area contributed by atoms with Gasteiger partial charge in [0.2, 0.25) is 0 Å². The Morgan fingerprint density at radius 1 is 1.36 bits per heavy atom. The van der Waals surface area contributed by atoms with E-state index in [0.29, 0.717) is 22.5 Å². The zero-order chi connectivity index (χ0) is 17.8. The lowest BCUT2D eigenvalue weighted by Crippen LogP contribution is -2.49. The van der Waals surface area contributed by atoms with Crippen LogP contribution in [0.3, 0.4) is 0 Å². The van der Waals surface area contributed by atoms with Crippen LogP contribution >= 0.6 is 11.6 Å². The molecule has 3 rings (SSSR count). The van der Waals surface area contributed by atoms with Crippen LogP contribution in [0.25, 0.3) is 10.9 Å². The number of morpholine rings is 1. The largest absolute Gasteiger partial charge is 0.382 e. The maximum Gasteiger partial charge on any atom is 0.103 e. The molecule has 132 valence electrons. The number of ether oxygens (including phenoxy) is 1. The Kier molecular flexibility index (Phi) is 5.74. The molecule has 1 aliphatic rings. The van der Waals surface area contributed by atoms with Crippen LogP contribution in [0.15, 0.2) is 24.4 Å². The topological polar surface area (TPSA) is 61.2 Å². The number of fused-ring (bicyclic) bond motifs is 1. The average Bonchev–Trinajstić information content (AvgIpc) is 2.62. The molecule has 25 heavy (non-hydrogen) atoms. The van der Waals surface area contributed by atoms with Gasteiger partial charge in [0.15, 0.2) is 0 Å². The molecule has 2 aromatic rings. The second kappa shape index (κ2) is 8.01. The second-order valence-corrected chi connectivity index (χ2v) is 7.10. The molecule has 1 unspecified atom stereocenters. The molecule has 1 aromatic heterocycles. The van der Waals surface area contributed by atoms with Crippen molar-refractivity contribution >= 4 is 28.2 Å². The number of hydrogen-bond acceptors (Lipinski definition) is 5. The molecule has 5 nitrogen and oxygen atoms in total. The standard InChI is InChI=1S/C19H23ClN4O/c1-13(2)18(24-5-7-25-8-6-24)12-23-19-14(10-21)11-22-17-4-3-15(20)9-16(17)19/h3-4,9,11,13,18H,5-8,12H2,1-2H3,(H,22,23). The van der Waals surface area contributed by atoms with Crippen molar-refractivity contribution in [3.63, 3.8) is 0 Å². The molecule has 0 amide bonds. The molecule has 2 heterocycles. The lowest BCUT2D eigenvalue weighted by molar-refractivity contribution is 0.00955. The first-order chi connectivity index (χ1) is 12.1. The lowest BCUT2D eigenvalue weighted by Gasteiger charge is -2.37. The minimum Gasteiger partial charge on any atom is -0.382 e. The van der Waals surface area contributed by atoms with E-state index in [1.54, 1.807) is 6.20 Å². The maximum absolute atomic E-state index is 9.48. The summed E-state index contributed by atoms with van der Waals surface area (Å²) in [7, 11) is 0. The van der Waals surface area contributed by atoms with E-state index in [1.165, 1.54) is 0 Å². The molecular weight excluding hydrogens is 336 g/mol. The summed E-state index contributed by atoms with van der Waals surface area (Å²) >= 11 is 6.16. The van der Waals surface area contributed by atoms with E-state index in [1.807, 2.05) is 18.2 Å². The van der Waals surface area contributed by atoms with Gasteiger partial charge in [0, 0.05) is 42.3 Å². The molecule has 0 saturated carbocycles. The Labute approximate surface area is 153 Å². The second-order valence-electron chi connectivity index (χ2n) is 6.66. The zero-order valence-electron chi connectivity index (χ0n) is 14.6. The number of benzene rings is 1. The Balaban J connectivity index is 1.88. The third-order valence-corrected chi connectivity index (χ3v) is 4.96. The van der Waals surface area contributed by atoms with Gasteiger partial charge < -0.3 is 10.1 Å². The predicted octanol–water partition coefficient (Wildman–Crippen LogP) is 3.53. The van der Waals surface area contributed by atoms with Crippen LogP contribution in [0.4, 0.5) is 5.69 Å². The fourth-order valence-corrected chi connectivity index (χ4v) is 3.51. The van der Waals surface area contributed by atoms with Gasteiger partial charge in [-0.15, -0.1) is 0 Å². The van der Waals surface area contributed by atoms with Crippen LogP contribution in [0, 0.1) is 17.2 Å². The summed E-state index contributed by atoms with van der Waals surface area (Å²) in [4.78, 5) is 6.82. The van der Waals surface area contributed by atoms with Crippen LogP contribution in [-0.2, 0) is 4.74 Å². The first-order valence-electron chi connectivity index (χ1n) is 8.64. The van der Waals surface area contributed by atoms with Gasteiger partial charge in [0.25, 0.3) is 0 Å². The Morgan fingerprint density at radius 2 is 2.12 bits per heavy atom. The van der Waals surface area contributed by atoms with E-state index in [-0.39, 0.29) is 0 Å². The van der Waals surface area contributed by atoms with Crippen molar-refractivity contribution in [3.8, 4) is 6.07 Å². The number of nitrogens with zero attached hydrogens (tertiary/aromatic N) is 3. The molecule has 1 aliphatic heterocycles. The third kappa shape index (κ3) is 4.04. The SMILES string of the molecule is CC(C)C(CNc1c(C#N)cnc2ccc(Cl)cc12)N1CCOCC1. The number of anilines is 1. The number of hydrogen-bond donors (Lipinski definition) is 1. The van der Waals surface area contributed by atoms with E-state index in [9.17, 15) is 5.26 Å². The van der Waals surface area contributed by atoms with Crippen LogP contribution in [-0.4, -0.2) is 48.8 Å². The number of rotatable bonds is 5. The molecule has 1 fully saturated rings. The molecular formula is C19H23ClN4O. The average molecular weight is 359 g/mol. The molecule has 1 saturated heterocycles. The molecule has 0 aliphatic carbocycles. The van der Waals surface area contributed by atoms with Crippen molar-refractivity contribution in [2.45, 2.75) is 19.9 Å². The van der Waals surface area contributed by atoms with Crippen molar-refractivity contribution in [1.82, 2.24) is 9.88 Å².